The van der Waals surface area contributed by atoms with Crippen molar-refractivity contribution in [3.8, 4) is 0 Å². The van der Waals surface area contributed by atoms with E-state index in [-0.39, 0.29) is 0 Å². The highest BCUT2D eigenvalue weighted by Crippen LogP contribution is 2.25. The van der Waals surface area contributed by atoms with E-state index in [1.165, 1.54) is 12.1 Å². The number of rotatable bonds is 7. The molecule has 18 heavy (non-hydrogen) atoms. The van der Waals surface area contributed by atoms with Crippen molar-refractivity contribution < 1.29 is 9.31 Å². The van der Waals surface area contributed by atoms with Crippen LogP contribution in [-0.2, 0) is 12.8 Å². The zero-order chi connectivity index (χ0) is 13.5. The first-order chi connectivity index (χ1) is 8.60. The summed E-state index contributed by atoms with van der Waals surface area (Å²) in [7, 11) is 0. The molecule has 0 aliphatic carbocycles. The molecule has 0 aliphatic rings. The summed E-state index contributed by atoms with van der Waals surface area (Å²) >= 11 is 0. The summed E-state index contributed by atoms with van der Waals surface area (Å²) in [4.78, 5) is 10.1. The predicted molar refractivity (Wildman–Crippen MR) is 70.3 cm³/mol. The third-order valence-electron chi connectivity index (χ3n) is 3.07. The summed E-state index contributed by atoms with van der Waals surface area (Å²) in [6.07, 6.45) is 5.60. The van der Waals surface area contributed by atoms with E-state index >= 15 is 0 Å². The molecule has 0 spiro atoms. The van der Waals surface area contributed by atoms with Crippen molar-refractivity contribution in [2.24, 2.45) is 0 Å². The Kier molecular flexibility index (Phi) is 5.75. The molecular weight excluding hydrogens is 233 g/mol. The van der Waals surface area contributed by atoms with Crippen molar-refractivity contribution in [1.82, 2.24) is 0 Å². The molecule has 0 unspecified atom stereocenters. The average Bonchev–Trinajstić information content (AvgIpc) is 2.34. The van der Waals surface area contributed by atoms with E-state index in [0.29, 0.717) is 0 Å². The van der Waals surface area contributed by atoms with Gasteiger partial charge in [0, 0.05) is 6.07 Å². The molecular formula is C14H20FNO2. The lowest BCUT2D eigenvalue weighted by atomic mass is 9.97. The maximum absolute atomic E-state index is 13.6. The van der Waals surface area contributed by atoms with Gasteiger partial charge >= 0.3 is 5.69 Å². The van der Waals surface area contributed by atoms with Crippen molar-refractivity contribution in [3.63, 3.8) is 0 Å². The van der Waals surface area contributed by atoms with Gasteiger partial charge in [0.25, 0.3) is 0 Å². The third kappa shape index (κ3) is 3.79. The second-order valence-electron chi connectivity index (χ2n) is 4.54. The number of aryl methyl sites for hydroxylation is 2. The van der Waals surface area contributed by atoms with Crippen molar-refractivity contribution in [2.45, 2.75) is 52.4 Å². The van der Waals surface area contributed by atoms with Gasteiger partial charge in [0.05, 0.1) is 4.92 Å². The van der Waals surface area contributed by atoms with Gasteiger partial charge in [-0.2, -0.15) is 4.39 Å². The maximum Gasteiger partial charge on any atom is 0.305 e. The molecule has 0 fully saturated rings. The van der Waals surface area contributed by atoms with Gasteiger partial charge in [-0.1, -0.05) is 26.7 Å². The van der Waals surface area contributed by atoms with Crippen LogP contribution in [0.5, 0.6) is 0 Å². The summed E-state index contributed by atoms with van der Waals surface area (Å²) in [5.41, 5.74) is 1.45. The Morgan fingerprint density at radius 1 is 1.11 bits per heavy atom. The lowest BCUT2D eigenvalue weighted by Gasteiger charge is -2.09. The fourth-order valence-corrected chi connectivity index (χ4v) is 1.99. The molecule has 0 heterocycles. The van der Waals surface area contributed by atoms with Crippen LogP contribution in [0.4, 0.5) is 10.1 Å². The van der Waals surface area contributed by atoms with Crippen molar-refractivity contribution in [1.29, 1.82) is 0 Å². The van der Waals surface area contributed by atoms with E-state index in [2.05, 4.69) is 13.8 Å². The number of halogens is 1. The SMILES string of the molecule is CCCCc1cc(F)c([N+](=O)[O-])cc1CCCC. The summed E-state index contributed by atoms with van der Waals surface area (Å²) < 4.78 is 13.6. The molecule has 1 aromatic rings. The number of hydrogen-bond donors (Lipinski definition) is 0. The fourth-order valence-electron chi connectivity index (χ4n) is 1.99. The average molecular weight is 253 g/mol. The van der Waals surface area contributed by atoms with E-state index < -0.39 is 16.4 Å². The number of nitro benzene ring substituents is 1. The number of hydrogen-bond acceptors (Lipinski definition) is 2. The Morgan fingerprint density at radius 3 is 2.06 bits per heavy atom. The number of unbranched alkanes of at least 4 members (excludes halogenated alkanes) is 2. The minimum atomic E-state index is -0.716. The van der Waals surface area contributed by atoms with Crippen LogP contribution < -0.4 is 0 Å². The van der Waals surface area contributed by atoms with Gasteiger partial charge in [-0.3, -0.25) is 10.1 Å². The van der Waals surface area contributed by atoms with Gasteiger partial charge in [-0.25, -0.2) is 0 Å². The number of benzene rings is 1. The molecule has 0 radical (unpaired) electrons. The highest BCUT2D eigenvalue weighted by molar-refractivity contribution is 5.41. The van der Waals surface area contributed by atoms with E-state index in [4.69, 9.17) is 0 Å². The molecule has 0 N–H and O–H groups in total. The molecule has 0 bridgehead atoms. The molecule has 100 valence electrons. The molecule has 0 aliphatic heterocycles. The summed E-state index contributed by atoms with van der Waals surface area (Å²) in [6.45, 7) is 4.15. The topological polar surface area (TPSA) is 43.1 Å². The smallest absolute Gasteiger partial charge is 0.258 e. The largest absolute Gasteiger partial charge is 0.305 e. The highest BCUT2D eigenvalue weighted by Gasteiger charge is 2.17. The standard InChI is InChI=1S/C14H20FNO2/c1-3-5-7-11-9-13(15)14(16(17)18)10-12(11)8-6-4-2/h9-10H,3-8H2,1-2H3. The molecule has 0 atom stereocenters. The molecule has 3 nitrogen and oxygen atoms in total. The monoisotopic (exact) mass is 253 g/mol. The first-order valence-corrected chi connectivity index (χ1v) is 6.55. The van der Waals surface area contributed by atoms with Gasteiger partial charge in [0.2, 0.25) is 5.82 Å². The zero-order valence-electron chi connectivity index (χ0n) is 11.0. The van der Waals surface area contributed by atoms with E-state index in [0.717, 1.165) is 49.7 Å². The Labute approximate surface area is 107 Å². The summed E-state index contributed by atoms with van der Waals surface area (Å²) in [5.74, 6) is -0.716. The molecule has 0 saturated heterocycles. The quantitative estimate of drug-likeness (QED) is 0.533. The molecule has 0 saturated carbocycles. The number of nitrogens with zero attached hydrogens (tertiary/aromatic N) is 1. The number of nitro groups is 1. The molecule has 0 amide bonds. The first kappa shape index (κ1) is 14.6. The highest BCUT2D eigenvalue weighted by atomic mass is 19.1. The van der Waals surface area contributed by atoms with Crippen LogP contribution in [0, 0.1) is 15.9 Å². The zero-order valence-corrected chi connectivity index (χ0v) is 11.0. The lowest BCUT2D eigenvalue weighted by molar-refractivity contribution is -0.387. The Bertz CT molecular complexity index is 419. The minimum absolute atomic E-state index is 0.402. The second kappa shape index (κ2) is 7.09. The normalized spacial score (nSPS) is 10.6. The van der Waals surface area contributed by atoms with E-state index in [9.17, 15) is 14.5 Å². The fraction of sp³-hybridized carbons (Fsp3) is 0.571. The lowest BCUT2D eigenvalue weighted by Crippen LogP contribution is -2.01. The van der Waals surface area contributed by atoms with Crippen molar-refractivity contribution in [3.05, 3.63) is 39.2 Å². The van der Waals surface area contributed by atoms with Crippen LogP contribution >= 0.6 is 0 Å². The summed E-state index contributed by atoms with van der Waals surface area (Å²) in [5, 5.41) is 10.7. The Hall–Kier alpha value is -1.45. The summed E-state index contributed by atoms with van der Waals surface area (Å²) in [6, 6.07) is 2.76. The minimum Gasteiger partial charge on any atom is -0.258 e. The molecule has 0 aromatic heterocycles. The van der Waals surface area contributed by atoms with E-state index in [1.54, 1.807) is 0 Å². The predicted octanol–water partition coefficient (Wildman–Crippen LogP) is 4.42. The molecule has 4 heteroatoms. The van der Waals surface area contributed by atoms with Gasteiger partial charge < -0.3 is 0 Å². The van der Waals surface area contributed by atoms with Gasteiger partial charge in [-0.15, -0.1) is 0 Å². The second-order valence-corrected chi connectivity index (χ2v) is 4.54. The van der Waals surface area contributed by atoms with Crippen LogP contribution in [-0.4, -0.2) is 4.92 Å². The Morgan fingerprint density at radius 2 is 1.61 bits per heavy atom. The van der Waals surface area contributed by atoms with Crippen LogP contribution in [0.25, 0.3) is 0 Å². The molecule has 1 aromatic carbocycles. The van der Waals surface area contributed by atoms with Crippen LogP contribution in [0.2, 0.25) is 0 Å². The third-order valence-corrected chi connectivity index (χ3v) is 3.07. The van der Waals surface area contributed by atoms with Crippen LogP contribution in [0.1, 0.15) is 50.7 Å². The maximum atomic E-state index is 13.6. The first-order valence-electron chi connectivity index (χ1n) is 6.55. The van der Waals surface area contributed by atoms with Crippen LogP contribution in [0.3, 0.4) is 0 Å². The Balaban J connectivity index is 3.06. The van der Waals surface area contributed by atoms with Gasteiger partial charge in [0.1, 0.15) is 0 Å². The van der Waals surface area contributed by atoms with Crippen molar-refractivity contribution >= 4 is 5.69 Å². The molecule has 1 rings (SSSR count). The van der Waals surface area contributed by atoms with Gasteiger partial charge in [-0.05, 0) is 42.9 Å². The van der Waals surface area contributed by atoms with E-state index in [1.807, 2.05) is 0 Å². The van der Waals surface area contributed by atoms with Crippen molar-refractivity contribution in [2.75, 3.05) is 0 Å². The van der Waals surface area contributed by atoms with Gasteiger partial charge in [0.15, 0.2) is 0 Å². The van der Waals surface area contributed by atoms with Crippen LogP contribution in [0.15, 0.2) is 12.1 Å².